The van der Waals surface area contributed by atoms with E-state index in [1.807, 2.05) is 31.2 Å². The number of hydrogen-bond acceptors (Lipinski definition) is 4. The highest BCUT2D eigenvalue weighted by molar-refractivity contribution is 5.92. The summed E-state index contributed by atoms with van der Waals surface area (Å²) in [5.74, 6) is 0.0317. The molecule has 7 nitrogen and oxygen atoms in total. The fraction of sp³-hybridized carbons (Fsp3) is 0.357. The minimum Gasteiger partial charge on any atom is -0.467 e. The highest BCUT2D eigenvalue weighted by atomic mass is 19.1. The van der Waals surface area contributed by atoms with Crippen molar-refractivity contribution in [2.75, 3.05) is 31.6 Å². The molecule has 0 atom stereocenters. The number of ether oxygens (including phenoxy) is 1. The minimum atomic E-state index is -0.358. The van der Waals surface area contributed by atoms with Gasteiger partial charge < -0.3 is 24.3 Å². The van der Waals surface area contributed by atoms with E-state index in [4.69, 9.17) is 9.15 Å². The molecule has 3 amide bonds. The molecule has 0 spiro atoms. The van der Waals surface area contributed by atoms with Gasteiger partial charge in [-0.3, -0.25) is 4.79 Å². The van der Waals surface area contributed by atoms with E-state index in [0.717, 1.165) is 12.0 Å². The second-order valence-corrected chi connectivity index (χ2v) is 8.41. The second kappa shape index (κ2) is 14.0. The molecule has 0 aliphatic carbocycles. The van der Waals surface area contributed by atoms with Crippen molar-refractivity contribution in [1.29, 1.82) is 0 Å². The van der Waals surface area contributed by atoms with E-state index in [1.54, 1.807) is 35.4 Å². The molecule has 1 N–H and O–H groups in total. The topological polar surface area (TPSA) is 75.0 Å². The Morgan fingerprint density at radius 3 is 2.31 bits per heavy atom. The van der Waals surface area contributed by atoms with Crippen molar-refractivity contribution in [3.63, 3.8) is 0 Å². The summed E-state index contributed by atoms with van der Waals surface area (Å²) in [6.07, 6.45) is 3.05. The number of benzene rings is 2. The Balaban J connectivity index is 1.73. The smallest absolute Gasteiger partial charge is 0.322 e. The fourth-order valence-corrected chi connectivity index (χ4v) is 3.68. The Kier molecular flexibility index (Phi) is 10.5. The van der Waals surface area contributed by atoms with Crippen LogP contribution in [0.1, 0.15) is 37.2 Å². The number of anilines is 1. The molecule has 0 fully saturated rings. The lowest BCUT2D eigenvalue weighted by atomic mass is 10.1. The molecule has 192 valence electrons. The molecule has 1 heterocycles. The van der Waals surface area contributed by atoms with Gasteiger partial charge >= 0.3 is 6.03 Å². The van der Waals surface area contributed by atoms with Crippen molar-refractivity contribution in [2.24, 2.45) is 0 Å². The van der Waals surface area contributed by atoms with Gasteiger partial charge in [-0.25, -0.2) is 9.18 Å². The van der Waals surface area contributed by atoms with Gasteiger partial charge in [0.15, 0.2) is 0 Å². The number of rotatable bonds is 13. The van der Waals surface area contributed by atoms with Crippen LogP contribution in [0.15, 0.2) is 71.3 Å². The monoisotopic (exact) mass is 495 g/mol. The van der Waals surface area contributed by atoms with Crippen LogP contribution in [0, 0.1) is 5.82 Å². The summed E-state index contributed by atoms with van der Waals surface area (Å²) in [4.78, 5) is 29.7. The molecule has 1 aromatic heterocycles. The normalized spacial score (nSPS) is 10.8. The van der Waals surface area contributed by atoms with E-state index in [-0.39, 0.29) is 37.4 Å². The third-order valence-corrected chi connectivity index (χ3v) is 5.71. The lowest BCUT2D eigenvalue weighted by Gasteiger charge is -2.27. The summed E-state index contributed by atoms with van der Waals surface area (Å²) in [7, 11) is 0. The first-order chi connectivity index (χ1) is 17.5. The summed E-state index contributed by atoms with van der Waals surface area (Å²) in [6, 6.07) is 16.8. The van der Waals surface area contributed by atoms with Crippen LogP contribution < -0.4 is 5.32 Å². The van der Waals surface area contributed by atoms with Crippen molar-refractivity contribution in [3.8, 4) is 0 Å². The van der Waals surface area contributed by atoms with Gasteiger partial charge in [-0.05, 0) is 67.3 Å². The van der Waals surface area contributed by atoms with E-state index in [2.05, 4.69) is 12.2 Å². The van der Waals surface area contributed by atoms with Gasteiger partial charge in [-0.2, -0.15) is 0 Å². The lowest BCUT2D eigenvalue weighted by Crippen LogP contribution is -2.44. The number of carbonyl (C=O) groups is 2. The molecule has 0 bridgehead atoms. The van der Waals surface area contributed by atoms with Crippen LogP contribution in [0.5, 0.6) is 0 Å². The fourth-order valence-electron chi connectivity index (χ4n) is 3.68. The Morgan fingerprint density at radius 2 is 1.67 bits per heavy atom. The predicted octanol–water partition coefficient (Wildman–Crippen LogP) is 5.47. The van der Waals surface area contributed by atoms with Crippen molar-refractivity contribution in [1.82, 2.24) is 9.80 Å². The third-order valence-electron chi connectivity index (χ3n) is 5.71. The number of amides is 3. The molecule has 3 aromatic rings. The van der Waals surface area contributed by atoms with Gasteiger partial charge in [-0.1, -0.05) is 31.2 Å². The van der Waals surface area contributed by atoms with Crippen LogP contribution in [-0.4, -0.2) is 48.0 Å². The Bertz CT molecular complexity index is 1070. The molecule has 0 aliphatic rings. The van der Waals surface area contributed by atoms with Crippen molar-refractivity contribution in [2.45, 2.75) is 39.8 Å². The molecule has 0 saturated carbocycles. The molecule has 3 rings (SSSR count). The van der Waals surface area contributed by atoms with Gasteiger partial charge in [0.25, 0.3) is 0 Å². The molecular weight excluding hydrogens is 461 g/mol. The van der Waals surface area contributed by atoms with Crippen LogP contribution in [0.2, 0.25) is 0 Å². The van der Waals surface area contributed by atoms with Crippen LogP contribution >= 0.6 is 0 Å². The number of carbonyl (C=O) groups excluding carboxylic acids is 2. The van der Waals surface area contributed by atoms with E-state index < -0.39 is 0 Å². The van der Waals surface area contributed by atoms with Crippen LogP contribution in [0.3, 0.4) is 0 Å². The third kappa shape index (κ3) is 8.53. The second-order valence-electron chi connectivity index (χ2n) is 8.41. The van der Waals surface area contributed by atoms with Gasteiger partial charge in [0, 0.05) is 32.0 Å². The van der Waals surface area contributed by atoms with Crippen molar-refractivity contribution < 1.29 is 23.1 Å². The predicted molar refractivity (Wildman–Crippen MR) is 137 cm³/mol. The number of hydrogen-bond donors (Lipinski definition) is 1. The number of furan rings is 1. The van der Waals surface area contributed by atoms with Gasteiger partial charge in [0.2, 0.25) is 5.91 Å². The number of nitrogens with one attached hydrogen (secondary N) is 1. The quantitative estimate of drug-likeness (QED) is 0.319. The van der Waals surface area contributed by atoms with Crippen LogP contribution in [0.25, 0.3) is 0 Å². The Hall–Kier alpha value is -3.65. The first-order valence-electron chi connectivity index (χ1n) is 12.3. The largest absolute Gasteiger partial charge is 0.467 e. The number of urea groups is 1. The van der Waals surface area contributed by atoms with Crippen molar-refractivity contribution >= 4 is 17.6 Å². The molecule has 8 heteroatoms. The minimum absolute atomic E-state index is 0.118. The summed E-state index contributed by atoms with van der Waals surface area (Å²) < 4.78 is 24.3. The number of halogens is 1. The molecule has 0 saturated heterocycles. The molecule has 0 unspecified atom stereocenters. The number of aryl methyl sites for hydroxylation is 1. The van der Waals surface area contributed by atoms with Crippen LogP contribution in [0.4, 0.5) is 14.9 Å². The molecule has 36 heavy (non-hydrogen) atoms. The highest BCUT2D eigenvalue weighted by Crippen LogP contribution is 2.14. The first-order valence-corrected chi connectivity index (χ1v) is 12.3. The molecule has 2 aromatic carbocycles. The average Bonchev–Trinajstić information content (AvgIpc) is 3.40. The molecule has 0 aliphatic heterocycles. The number of nitrogens with zero attached hydrogens (tertiary/aromatic N) is 2. The van der Waals surface area contributed by atoms with E-state index >= 15 is 0 Å². The van der Waals surface area contributed by atoms with Gasteiger partial charge in [-0.15, -0.1) is 0 Å². The van der Waals surface area contributed by atoms with Crippen LogP contribution in [-0.2, 0) is 29.0 Å². The van der Waals surface area contributed by atoms with Crippen molar-refractivity contribution in [3.05, 3.63) is 89.6 Å². The Morgan fingerprint density at radius 1 is 0.944 bits per heavy atom. The first kappa shape index (κ1) is 26.9. The lowest BCUT2D eigenvalue weighted by molar-refractivity contribution is -0.133. The molecule has 0 radical (unpaired) electrons. The highest BCUT2D eigenvalue weighted by Gasteiger charge is 2.22. The average molecular weight is 496 g/mol. The SMILES string of the molecule is CCOCCCN(CC(=O)N(Cc1ccc(F)cc1)Cc1ccco1)C(=O)Nc1ccc(CC)cc1. The summed E-state index contributed by atoms with van der Waals surface area (Å²) in [6.45, 7) is 5.79. The maximum Gasteiger partial charge on any atom is 0.322 e. The van der Waals surface area contributed by atoms with Gasteiger partial charge in [0.1, 0.15) is 18.1 Å². The molecular formula is C28H34FN3O4. The zero-order valence-corrected chi connectivity index (χ0v) is 20.9. The standard InChI is InChI=1S/C28H34FN3O4/c1-3-22-10-14-25(15-11-22)30-28(34)31(16-6-17-35-4-2)21-27(33)32(20-26-7-5-18-36-26)19-23-8-12-24(29)13-9-23/h5,7-15,18H,3-4,6,16-17,19-21H2,1-2H3,(H,30,34). The maximum absolute atomic E-state index is 13.4. The van der Waals surface area contributed by atoms with E-state index in [0.29, 0.717) is 37.6 Å². The van der Waals surface area contributed by atoms with E-state index in [9.17, 15) is 14.0 Å². The zero-order valence-electron chi connectivity index (χ0n) is 20.9. The summed E-state index contributed by atoms with van der Waals surface area (Å²) in [5.41, 5.74) is 2.61. The summed E-state index contributed by atoms with van der Waals surface area (Å²) >= 11 is 0. The zero-order chi connectivity index (χ0) is 25.8. The summed E-state index contributed by atoms with van der Waals surface area (Å²) in [5, 5.41) is 2.90. The van der Waals surface area contributed by atoms with E-state index in [1.165, 1.54) is 22.6 Å². The van der Waals surface area contributed by atoms with Gasteiger partial charge in [0.05, 0.1) is 12.8 Å². The maximum atomic E-state index is 13.4. The Labute approximate surface area is 211 Å².